The minimum atomic E-state index is -0.539. The van der Waals surface area contributed by atoms with Gasteiger partial charge in [-0.1, -0.05) is 25.4 Å². The molecule has 34 heavy (non-hydrogen) atoms. The van der Waals surface area contributed by atoms with Gasteiger partial charge in [-0.3, -0.25) is 14.4 Å². The molecule has 9 heteroatoms. The Bertz CT molecular complexity index is 1140. The van der Waals surface area contributed by atoms with Crippen molar-refractivity contribution < 1.29 is 19.1 Å². The summed E-state index contributed by atoms with van der Waals surface area (Å²) in [6.45, 7) is 6.15. The quantitative estimate of drug-likeness (QED) is 0.565. The smallest absolute Gasteiger partial charge is 0.268 e. The van der Waals surface area contributed by atoms with Crippen LogP contribution in [0.25, 0.3) is 0 Å². The van der Waals surface area contributed by atoms with Crippen LogP contribution in [0.5, 0.6) is 5.75 Å². The lowest BCUT2D eigenvalue weighted by atomic mass is 10.0. The highest BCUT2D eigenvalue weighted by atomic mass is 35.5. The molecule has 0 bridgehead atoms. The monoisotopic (exact) mass is 482 g/mol. The molecule has 0 aromatic heterocycles. The molecule has 1 aliphatic heterocycles. The number of hydrogen-bond acceptors (Lipinski definition) is 5. The van der Waals surface area contributed by atoms with Crippen LogP contribution in [0.3, 0.4) is 0 Å². The van der Waals surface area contributed by atoms with Gasteiger partial charge in [-0.05, 0) is 49.6 Å². The maximum atomic E-state index is 12.5. The van der Waals surface area contributed by atoms with Gasteiger partial charge < -0.3 is 20.3 Å². The Balaban J connectivity index is 1.56. The Labute approximate surface area is 203 Å². The van der Waals surface area contributed by atoms with Crippen LogP contribution in [0, 0.1) is 17.2 Å². The predicted molar refractivity (Wildman–Crippen MR) is 131 cm³/mol. The number of nitrogens with zero attached hydrogens (tertiary/aromatic N) is 2. The summed E-state index contributed by atoms with van der Waals surface area (Å²) in [6, 6.07) is 11.8. The van der Waals surface area contributed by atoms with Gasteiger partial charge >= 0.3 is 0 Å². The average Bonchev–Trinajstić information content (AvgIpc) is 2.78. The second kappa shape index (κ2) is 11.0. The summed E-state index contributed by atoms with van der Waals surface area (Å²) in [4.78, 5) is 39.0. The Morgan fingerprint density at radius 1 is 1.12 bits per heavy atom. The van der Waals surface area contributed by atoms with E-state index in [1.807, 2.05) is 26.8 Å². The Morgan fingerprint density at radius 3 is 2.29 bits per heavy atom. The van der Waals surface area contributed by atoms with E-state index < -0.39 is 6.10 Å². The second-order valence-electron chi connectivity index (χ2n) is 8.20. The first-order valence-electron chi connectivity index (χ1n) is 11.2. The molecule has 0 aliphatic carbocycles. The van der Waals surface area contributed by atoms with Crippen LogP contribution in [-0.2, 0) is 14.4 Å². The van der Waals surface area contributed by atoms with Crippen LogP contribution < -0.4 is 20.3 Å². The molecule has 2 N–H and O–H groups in total. The molecule has 2 aromatic rings. The van der Waals surface area contributed by atoms with Crippen LogP contribution in [0.2, 0.25) is 5.02 Å². The molecule has 0 fully saturated rings. The Morgan fingerprint density at radius 2 is 1.74 bits per heavy atom. The van der Waals surface area contributed by atoms with E-state index in [2.05, 4.69) is 10.6 Å². The van der Waals surface area contributed by atoms with Gasteiger partial charge in [0.1, 0.15) is 11.8 Å². The molecule has 2 atom stereocenters. The van der Waals surface area contributed by atoms with Crippen molar-refractivity contribution in [1.29, 1.82) is 5.26 Å². The molecule has 0 saturated carbocycles. The van der Waals surface area contributed by atoms with Crippen molar-refractivity contribution in [3.8, 4) is 11.8 Å². The molecular formula is C25H27ClN4O4. The summed E-state index contributed by atoms with van der Waals surface area (Å²) in [5, 5.41) is 14.8. The number of likely N-dealkylation sites (N-methyl/N-ethyl adjacent to an activating group) is 1. The molecule has 3 amide bonds. The fraction of sp³-hybridized carbons (Fsp3) is 0.360. The third kappa shape index (κ3) is 5.86. The molecule has 1 heterocycles. The summed E-state index contributed by atoms with van der Waals surface area (Å²) >= 11 is 5.99. The third-order valence-electron chi connectivity index (χ3n) is 5.47. The lowest BCUT2D eigenvalue weighted by Crippen LogP contribution is -2.45. The number of benzene rings is 2. The highest BCUT2D eigenvalue weighted by molar-refractivity contribution is 6.32. The average molecular weight is 483 g/mol. The zero-order valence-corrected chi connectivity index (χ0v) is 20.1. The molecule has 0 spiro atoms. The van der Waals surface area contributed by atoms with Crippen molar-refractivity contribution >= 4 is 46.4 Å². The number of carbonyl (C=O) groups is 3. The minimum absolute atomic E-state index is 0.0651. The summed E-state index contributed by atoms with van der Waals surface area (Å²) in [7, 11) is 0. The van der Waals surface area contributed by atoms with E-state index in [1.54, 1.807) is 29.2 Å². The van der Waals surface area contributed by atoms with Crippen LogP contribution in [0.1, 0.15) is 45.6 Å². The molecule has 1 aliphatic rings. The van der Waals surface area contributed by atoms with Gasteiger partial charge in [-0.25, -0.2) is 0 Å². The van der Waals surface area contributed by atoms with E-state index in [4.69, 9.17) is 21.6 Å². The lowest BCUT2D eigenvalue weighted by molar-refractivity contribution is -0.126. The fourth-order valence-electron chi connectivity index (χ4n) is 3.80. The van der Waals surface area contributed by atoms with Gasteiger partial charge in [0.15, 0.2) is 6.10 Å². The normalized spacial score (nSPS) is 15.6. The number of hydrogen-bond donors (Lipinski definition) is 2. The summed E-state index contributed by atoms with van der Waals surface area (Å²) in [5.74, 6) is -0.198. The Hall–Kier alpha value is -3.57. The maximum Gasteiger partial charge on any atom is 0.268 e. The van der Waals surface area contributed by atoms with Crippen molar-refractivity contribution in [2.45, 2.75) is 46.1 Å². The van der Waals surface area contributed by atoms with Gasteiger partial charge in [-0.15, -0.1) is 0 Å². The summed E-state index contributed by atoms with van der Waals surface area (Å²) in [5.41, 5.74) is 2.07. The SMILES string of the molecule is CCC1Oc2cc(NC(=O)CC(C)CC(=O)Nc3ccc(C#N)c(Cl)c3)ccc2N(CC)C1=O. The molecule has 8 nitrogen and oxygen atoms in total. The van der Waals surface area contributed by atoms with Gasteiger partial charge in [-0.2, -0.15) is 5.26 Å². The van der Waals surface area contributed by atoms with Crippen molar-refractivity contribution in [2.75, 3.05) is 22.1 Å². The second-order valence-corrected chi connectivity index (χ2v) is 8.60. The number of anilines is 3. The highest BCUT2D eigenvalue weighted by Crippen LogP contribution is 2.37. The van der Waals surface area contributed by atoms with E-state index in [0.29, 0.717) is 41.3 Å². The van der Waals surface area contributed by atoms with Crippen molar-refractivity contribution in [3.05, 3.63) is 47.0 Å². The Kier molecular flexibility index (Phi) is 8.13. The van der Waals surface area contributed by atoms with Gasteiger partial charge in [0.2, 0.25) is 11.8 Å². The molecule has 2 unspecified atom stereocenters. The number of rotatable bonds is 8. The van der Waals surface area contributed by atoms with Crippen molar-refractivity contribution in [1.82, 2.24) is 0 Å². The van der Waals surface area contributed by atoms with E-state index in [-0.39, 0.29) is 41.5 Å². The van der Waals surface area contributed by atoms with Crippen LogP contribution in [0.15, 0.2) is 36.4 Å². The number of fused-ring (bicyclic) bond motifs is 1. The van der Waals surface area contributed by atoms with Gasteiger partial charge in [0.25, 0.3) is 5.91 Å². The predicted octanol–water partition coefficient (Wildman–Crippen LogP) is 4.73. The van der Waals surface area contributed by atoms with Gasteiger partial charge in [0.05, 0.1) is 16.3 Å². The fourth-order valence-corrected chi connectivity index (χ4v) is 4.03. The molecule has 2 aromatic carbocycles. The summed E-state index contributed by atoms with van der Waals surface area (Å²) < 4.78 is 5.84. The summed E-state index contributed by atoms with van der Waals surface area (Å²) in [6.07, 6.45) is 0.309. The standard InChI is InChI=1S/C25H27ClN4O4/c1-4-21-25(33)30(5-2)20-9-8-18(13-22(20)34-21)29-24(32)11-15(3)10-23(31)28-17-7-6-16(14-27)19(26)12-17/h6-9,12-13,15,21H,4-5,10-11H2,1-3H3,(H,28,31)(H,29,32). The zero-order valence-electron chi connectivity index (χ0n) is 19.4. The van der Waals surface area contributed by atoms with Crippen molar-refractivity contribution in [2.24, 2.45) is 5.92 Å². The molecular weight excluding hydrogens is 456 g/mol. The molecule has 3 rings (SSSR count). The minimum Gasteiger partial charge on any atom is -0.478 e. The third-order valence-corrected chi connectivity index (χ3v) is 5.79. The van der Waals surface area contributed by atoms with E-state index in [0.717, 1.165) is 0 Å². The first kappa shape index (κ1) is 25.1. The maximum absolute atomic E-state index is 12.5. The molecule has 178 valence electrons. The molecule has 0 radical (unpaired) electrons. The number of carbonyl (C=O) groups excluding carboxylic acids is 3. The van der Waals surface area contributed by atoms with E-state index >= 15 is 0 Å². The van der Waals surface area contributed by atoms with Crippen LogP contribution in [0.4, 0.5) is 17.1 Å². The highest BCUT2D eigenvalue weighted by Gasteiger charge is 2.32. The van der Waals surface area contributed by atoms with Crippen LogP contribution >= 0.6 is 11.6 Å². The zero-order chi connectivity index (χ0) is 24.8. The van der Waals surface area contributed by atoms with E-state index in [1.165, 1.54) is 12.1 Å². The first-order valence-corrected chi connectivity index (χ1v) is 11.5. The number of nitriles is 1. The number of amides is 3. The largest absolute Gasteiger partial charge is 0.478 e. The van der Waals surface area contributed by atoms with Crippen LogP contribution in [-0.4, -0.2) is 30.4 Å². The van der Waals surface area contributed by atoms with E-state index in [9.17, 15) is 14.4 Å². The number of ether oxygens (including phenoxy) is 1. The first-order chi connectivity index (χ1) is 16.2. The topological polar surface area (TPSA) is 112 Å². The van der Waals surface area contributed by atoms with Crippen molar-refractivity contribution in [3.63, 3.8) is 0 Å². The number of halogens is 1. The lowest BCUT2D eigenvalue weighted by Gasteiger charge is -2.33. The molecule has 0 saturated heterocycles. The number of nitrogens with one attached hydrogen (secondary N) is 2. The van der Waals surface area contributed by atoms with Gasteiger partial charge in [0, 0.05) is 36.8 Å².